The Morgan fingerprint density at radius 1 is 1.48 bits per heavy atom. The molecule has 21 heavy (non-hydrogen) atoms. The van der Waals surface area contributed by atoms with Gasteiger partial charge < -0.3 is 10.3 Å². The minimum absolute atomic E-state index is 0.0258. The molecule has 2 heterocycles. The fourth-order valence-corrected chi connectivity index (χ4v) is 3.01. The van der Waals surface area contributed by atoms with Crippen LogP contribution in [-0.4, -0.2) is 26.4 Å². The predicted molar refractivity (Wildman–Crippen MR) is 82.2 cm³/mol. The van der Waals surface area contributed by atoms with Gasteiger partial charge in [0.15, 0.2) is 5.65 Å². The lowest BCUT2D eigenvalue weighted by Crippen LogP contribution is -2.57. The maximum atomic E-state index is 12.7. The van der Waals surface area contributed by atoms with Gasteiger partial charge in [-0.15, -0.1) is 0 Å². The number of nitrogens with zero attached hydrogens (tertiary/aromatic N) is 2. The number of H-pyrrole nitrogens is 1. The molecule has 0 unspecified atom stereocenters. The number of nitrogens with one attached hydrogen (secondary N) is 2. The molecule has 2 N–H and O–H groups in total. The molecule has 5 heteroatoms. The summed E-state index contributed by atoms with van der Waals surface area (Å²) in [6.07, 6.45) is 5.77. The highest BCUT2D eigenvalue weighted by Crippen LogP contribution is 2.38. The molecule has 0 saturated heterocycles. The van der Waals surface area contributed by atoms with E-state index in [9.17, 15) is 4.79 Å². The summed E-state index contributed by atoms with van der Waals surface area (Å²) in [7, 11) is 0. The first-order valence-corrected chi connectivity index (χ1v) is 7.72. The number of aromatic amines is 1. The summed E-state index contributed by atoms with van der Waals surface area (Å²) in [4.78, 5) is 24.5. The molecule has 0 spiro atoms. The molecule has 112 valence electrons. The Morgan fingerprint density at radius 3 is 2.81 bits per heavy atom. The van der Waals surface area contributed by atoms with Crippen LogP contribution in [0.4, 0.5) is 0 Å². The van der Waals surface area contributed by atoms with E-state index in [0.717, 1.165) is 30.6 Å². The Morgan fingerprint density at radius 2 is 2.24 bits per heavy atom. The summed E-state index contributed by atoms with van der Waals surface area (Å²) in [5, 5.41) is 3.25. The van der Waals surface area contributed by atoms with Crippen molar-refractivity contribution in [3.63, 3.8) is 0 Å². The van der Waals surface area contributed by atoms with Crippen LogP contribution < -0.4 is 5.32 Å². The minimum Gasteiger partial charge on any atom is -0.346 e. The summed E-state index contributed by atoms with van der Waals surface area (Å²) < 4.78 is 0. The lowest BCUT2D eigenvalue weighted by atomic mass is 9.69. The SMILES string of the molecule is CCc1nc2nccc(C(=O)NC3(C(C)C)CCC3)c2[nH]1. The number of amides is 1. The third kappa shape index (κ3) is 2.30. The molecule has 0 radical (unpaired) electrons. The number of imidazole rings is 1. The number of pyridine rings is 1. The first-order chi connectivity index (χ1) is 10.1. The topological polar surface area (TPSA) is 70.7 Å². The van der Waals surface area contributed by atoms with Gasteiger partial charge in [-0.2, -0.15) is 0 Å². The van der Waals surface area contributed by atoms with Gasteiger partial charge in [0.05, 0.1) is 11.1 Å². The molecule has 0 bridgehead atoms. The summed E-state index contributed by atoms with van der Waals surface area (Å²) in [5.41, 5.74) is 1.95. The van der Waals surface area contributed by atoms with Crippen molar-refractivity contribution >= 4 is 17.1 Å². The second-order valence-electron chi connectivity index (χ2n) is 6.21. The molecule has 1 fully saturated rings. The van der Waals surface area contributed by atoms with E-state index in [1.807, 2.05) is 6.92 Å². The second kappa shape index (κ2) is 5.13. The van der Waals surface area contributed by atoms with Crippen LogP contribution in [0.3, 0.4) is 0 Å². The van der Waals surface area contributed by atoms with Gasteiger partial charge in [0.2, 0.25) is 0 Å². The van der Waals surface area contributed by atoms with E-state index in [1.54, 1.807) is 12.3 Å². The smallest absolute Gasteiger partial charge is 0.254 e. The van der Waals surface area contributed by atoms with Gasteiger partial charge in [0, 0.05) is 18.2 Å². The van der Waals surface area contributed by atoms with Gasteiger partial charge in [-0.3, -0.25) is 4.79 Å². The van der Waals surface area contributed by atoms with Gasteiger partial charge >= 0.3 is 0 Å². The molecular formula is C16H22N4O. The number of aromatic nitrogens is 3. The monoisotopic (exact) mass is 286 g/mol. The van der Waals surface area contributed by atoms with E-state index in [2.05, 4.69) is 34.1 Å². The molecule has 0 atom stereocenters. The number of hydrogen-bond donors (Lipinski definition) is 2. The zero-order chi connectivity index (χ0) is 15.0. The van der Waals surface area contributed by atoms with Crippen LogP contribution in [0.25, 0.3) is 11.2 Å². The van der Waals surface area contributed by atoms with Crippen molar-refractivity contribution in [1.29, 1.82) is 0 Å². The molecule has 0 aliphatic heterocycles. The van der Waals surface area contributed by atoms with E-state index in [4.69, 9.17) is 0 Å². The minimum atomic E-state index is -0.0414. The predicted octanol–water partition coefficient (Wildman–Crippen LogP) is 2.83. The Balaban J connectivity index is 1.93. The number of fused-ring (bicyclic) bond motifs is 1. The van der Waals surface area contributed by atoms with E-state index in [-0.39, 0.29) is 11.4 Å². The molecule has 0 aromatic carbocycles. The van der Waals surface area contributed by atoms with E-state index in [0.29, 0.717) is 17.1 Å². The lowest BCUT2D eigenvalue weighted by molar-refractivity contribution is 0.0729. The summed E-state index contributed by atoms with van der Waals surface area (Å²) in [6, 6.07) is 1.77. The highest BCUT2D eigenvalue weighted by atomic mass is 16.1. The normalized spacial score (nSPS) is 17.0. The van der Waals surface area contributed by atoms with Gasteiger partial charge in [-0.25, -0.2) is 9.97 Å². The van der Waals surface area contributed by atoms with Crippen LogP contribution in [0.1, 0.15) is 56.2 Å². The first kappa shape index (κ1) is 14.0. The van der Waals surface area contributed by atoms with Crippen molar-refractivity contribution in [2.24, 2.45) is 5.92 Å². The van der Waals surface area contributed by atoms with Gasteiger partial charge in [-0.1, -0.05) is 20.8 Å². The van der Waals surface area contributed by atoms with E-state index >= 15 is 0 Å². The summed E-state index contributed by atoms with van der Waals surface area (Å²) in [5.74, 6) is 1.28. The quantitative estimate of drug-likeness (QED) is 0.908. The Hall–Kier alpha value is -1.91. The summed E-state index contributed by atoms with van der Waals surface area (Å²) >= 11 is 0. The van der Waals surface area contributed by atoms with Crippen molar-refractivity contribution in [3.05, 3.63) is 23.7 Å². The Bertz CT molecular complexity index is 670. The van der Waals surface area contributed by atoms with E-state index in [1.165, 1.54) is 6.42 Å². The molecule has 1 amide bonds. The van der Waals surface area contributed by atoms with Gasteiger partial charge in [-0.05, 0) is 31.2 Å². The van der Waals surface area contributed by atoms with Crippen LogP contribution in [0, 0.1) is 5.92 Å². The van der Waals surface area contributed by atoms with Crippen molar-refractivity contribution in [1.82, 2.24) is 20.3 Å². The fourth-order valence-electron chi connectivity index (χ4n) is 3.01. The number of aryl methyl sites for hydroxylation is 1. The van der Waals surface area contributed by atoms with Crippen LogP contribution in [0.5, 0.6) is 0 Å². The van der Waals surface area contributed by atoms with Crippen molar-refractivity contribution in [2.75, 3.05) is 0 Å². The van der Waals surface area contributed by atoms with Gasteiger partial charge in [0.25, 0.3) is 5.91 Å². The molecule has 5 nitrogen and oxygen atoms in total. The molecular weight excluding hydrogens is 264 g/mol. The third-order valence-corrected chi connectivity index (χ3v) is 4.73. The zero-order valence-electron chi connectivity index (χ0n) is 12.9. The second-order valence-corrected chi connectivity index (χ2v) is 6.21. The lowest BCUT2D eigenvalue weighted by Gasteiger charge is -2.46. The molecule has 2 aromatic heterocycles. The van der Waals surface area contributed by atoms with Gasteiger partial charge in [0.1, 0.15) is 5.82 Å². The number of carbonyl (C=O) groups excluding carboxylic acids is 1. The van der Waals surface area contributed by atoms with Crippen molar-refractivity contribution in [3.8, 4) is 0 Å². The van der Waals surface area contributed by atoms with Crippen LogP contribution in [-0.2, 0) is 6.42 Å². The third-order valence-electron chi connectivity index (χ3n) is 4.73. The standard InChI is InChI=1S/C16H22N4O/c1-4-12-18-13-11(6-9-17-14(13)19-12)15(21)20-16(10(2)3)7-5-8-16/h6,9-10H,4-5,7-8H2,1-3H3,(H,20,21)(H,17,18,19). The maximum absolute atomic E-state index is 12.7. The average molecular weight is 286 g/mol. The first-order valence-electron chi connectivity index (χ1n) is 7.72. The van der Waals surface area contributed by atoms with Crippen LogP contribution in [0.2, 0.25) is 0 Å². The molecule has 1 aliphatic rings. The summed E-state index contributed by atoms with van der Waals surface area (Å²) in [6.45, 7) is 6.37. The molecule has 1 aliphatic carbocycles. The largest absolute Gasteiger partial charge is 0.346 e. The van der Waals surface area contributed by atoms with Crippen LogP contribution >= 0.6 is 0 Å². The fraction of sp³-hybridized carbons (Fsp3) is 0.562. The molecule has 2 aromatic rings. The van der Waals surface area contributed by atoms with Crippen LogP contribution in [0.15, 0.2) is 12.3 Å². The maximum Gasteiger partial charge on any atom is 0.254 e. The zero-order valence-corrected chi connectivity index (χ0v) is 12.9. The van der Waals surface area contributed by atoms with Crippen molar-refractivity contribution in [2.45, 2.75) is 52.0 Å². The highest BCUT2D eigenvalue weighted by molar-refractivity contribution is 6.04. The number of hydrogen-bond acceptors (Lipinski definition) is 3. The van der Waals surface area contributed by atoms with Crippen molar-refractivity contribution < 1.29 is 4.79 Å². The van der Waals surface area contributed by atoms with E-state index < -0.39 is 0 Å². The number of carbonyl (C=O) groups is 1. The average Bonchev–Trinajstić information content (AvgIpc) is 2.84. The molecule has 3 rings (SSSR count). The Labute approximate surface area is 124 Å². The number of rotatable bonds is 4. The molecule has 1 saturated carbocycles. The highest BCUT2D eigenvalue weighted by Gasteiger charge is 2.41. The Kier molecular flexibility index (Phi) is 3.43.